The van der Waals surface area contributed by atoms with Crippen molar-refractivity contribution >= 4 is 0 Å². The second-order valence-corrected chi connectivity index (χ2v) is 7.89. The molecule has 0 aliphatic heterocycles. The molecule has 0 saturated carbocycles. The second kappa shape index (κ2) is 6.98. The van der Waals surface area contributed by atoms with Crippen LogP contribution in [0.4, 0.5) is 0 Å². The van der Waals surface area contributed by atoms with Gasteiger partial charge in [-0.3, -0.25) is 0 Å². The average Bonchev–Trinajstić information content (AvgIpc) is 2.66. The van der Waals surface area contributed by atoms with Crippen molar-refractivity contribution in [1.82, 2.24) is 0 Å². The van der Waals surface area contributed by atoms with Crippen LogP contribution in [0.1, 0.15) is 59.1 Å². The Kier molecular flexibility index (Phi) is 4.69. The van der Waals surface area contributed by atoms with Crippen LogP contribution >= 0.6 is 0 Å². The van der Waals surface area contributed by atoms with Crippen LogP contribution in [0, 0.1) is 13.8 Å². The number of benzene rings is 2. The van der Waals surface area contributed by atoms with Crippen molar-refractivity contribution in [3.05, 3.63) is 45.5 Å². The summed E-state index contributed by atoms with van der Waals surface area (Å²) < 4.78 is 11.9. The van der Waals surface area contributed by atoms with E-state index in [4.69, 9.17) is 9.47 Å². The molecule has 2 heteroatoms. The fraction of sp³-hybridized carbons (Fsp3) is 0.500. The third kappa shape index (κ3) is 2.71. The second-order valence-electron chi connectivity index (χ2n) is 7.89. The van der Waals surface area contributed by atoms with Crippen molar-refractivity contribution in [2.24, 2.45) is 0 Å². The molecule has 0 radical (unpaired) electrons. The molecule has 2 aromatic carbocycles. The number of fused-ring (bicyclic) bond motifs is 2. The summed E-state index contributed by atoms with van der Waals surface area (Å²) >= 11 is 0. The zero-order chi connectivity index (χ0) is 18.3. The summed E-state index contributed by atoms with van der Waals surface area (Å²) in [6.45, 7) is 4.37. The molecule has 0 amide bonds. The zero-order valence-corrected chi connectivity index (χ0v) is 16.6. The van der Waals surface area contributed by atoms with Gasteiger partial charge in [-0.25, -0.2) is 0 Å². The molecular weight excluding hydrogens is 320 g/mol. The summed E-state index contributed by atoms with van der Waals surface area (Å²) in [5.41, 5.74) is 11.1. The molecule has 0 heterocycles. The Morgan fingerprint density at radius 1 is 0.615 bits per heavy atom. The van der Waals surface area contributed by atoms with Gasteiger partial charge in [0.25, 0.3) is 0 Å². The molecule has 0 fully saturated rings. The molecule has 0 spiro atoms. The molecule has 2 aromatic rings. The van der Waals surface area contributed by atoms with Crippen molar-refractivity contribution in [2.45, 2.75) is 65.2 Å². The number of hydrogen-bond acceptors (Lipinski definition) is 2. The van der Waals surface area contributed by atoms with Crippen LogP contribution in [-0.4, -0.2) is 14.2 Å². The van der Waals surface area contributed by atoms with Gasteiger partial charge < -0.3 is 9.47 Å². The van der Waals surface area contributed by atoms with Gasteiger partial charge in [0.05, 0.1) is 14.2 Å². The van der Waals surface area contributed by atoms with Gasteiger partial charge >= 0.3 is 0 Å². The van der Waals surface area contributed by atoms with Crippen LogP contribution in [0.5, 0.6) is 11.5 Å². The lowest BCUT2D eigenvalue weighted by atomic mass is 9.78. The first kappa shape index (κ1) is 17.5. The van der Waals surface area contributed by atoms with E-state index >= 15 is 0 Å². The highest BCUT2D eigenvalue weighted by molar-refractivity contribution is 5.85. The maximum Gasteiger partial charge on any atom is 0.130 e. The number of ether oxygens (including phenoxy) is 2. The zero-order valence-electron chi connectivity index (χ0n) is 16.6. The van der Waals surface area contributed by atoms with Gasteiger partial charge in [-0.05, 0) is 98.6 Å². The molecule has 2 nitrogen and oxygen atoms in total. The van der Waals surface area contributed by atoms with Crippen molar-refractivity contribution in [3.63, 3.8) is 0 Å². The Morgan fingerprint density at radius 3 is 1.38 bits per heavy atom. The molecule has 2 aliphatic rings. The van der Waals surface area contributed by atoms with E-state index in [1.54, 1.807) is 0 Å². The van der Waals surface area contributed by atoms with E-state index in [0.717, 1.165) is 24.3 Å². The normalized spacial score (nSPS) is 16.0. The maximum absolute atomic E-state index is 5.97. The average molecular weight is 351 g/mol. The lowest BCUT2D eigenvalue weighted by molar-refractivity contribution is 0.405. The van der Waals surface area contributed by atoms with Gasteiger partial charge in [-0.2, -0.15) is 0 Å². The molecule has 4 rings (SSSR count). The van der Waals surface area contributed by atoms with E-state index in [9.17, 15) is 0 Å². The van der Waals surface area contributed by atoms with Gasteiger partial charge in [0.15, 0.2) is 0 Å². The Bertz CT molecular complexity index is 777. The van der Waals surface area contributed by atoms with E-state index in [2.05, 4.69) is 26.0 Å². The fourth-order valence-electron chi connectivity index (χ4n) is 5.12. The molecule has 0 bridgehead atoms. The summed E-state index contributed by atoms with van der Waals surface area (Å²) in [6, 6.07) is 4.71. The van der Waals surface area contributed by atoms with E-state index in [-0.39, 0.29) is 0 Å². The Labute approximate surface area is 157 Å². The number of aryl methyl sites for hydroxylation is 4. The van der Waals surface area contributed by atoms with Gasteiger partial charge in [0.1, 0.15) is 11.5 Å². The summed E-state index contributed by atoms with van der Waals surface area (Å²) in [4.78, 5) is 0. The first-order valence-corrected chi connectivity index (χ1v) is 10.0. The van der Waals surface area contributed by atoms with Crippen molar-refractivity contribution in [2.75, 3.05) is 14.2 Å². The Hall–Kier alpha value is -1.96. The minimum atomic E-state index is 1.04. The summed E-state index contributed by atoms with van der Waals surface area (Å²) in [6.07, 6.45) is 9.78. The fourth-order valence-corrected chi connectivity index (χ4v) is 5.12. The Morgan fingerprint density at radius 2 is 1.00 bits per heavy atom. The van der Waals surface area contributed by atoms with Gasteiger partial charge in [-0.15, -0.1) is 0 Å². The van der Waals surface area contributed by atoms with Crippen LogP contribution in [0.15, 0.2) is 12.1 Å². The van der Waals surface area contributed by atoms with Crippen molar-refractivity contribution in [1.29, 1.82) is 0 Å². The highest BCUT2D eigenvalue weighted by Gasteiger charge is 2.28. The summed E-state index contributed by atoms with van der Waals surface area (Å²) in [5, 5.41) is 0. The van der Waals surface area contributed by atoms with Crippen LogP contribution in [-0.2, 0) is 25.7 Å². The maximum atomic E-state index is 5.97. The Balaban J connectivity index is 2.10. The molecule has 0 aromatic heterocycles. The van der Waals surface area contributed by atoms with Crippen LogP contribution in [0.2, 0.25) is 0 Å². The van der Waals surface area contributed by atoms with Crippen LogP contribution < -0.4 is 9.47 Å². The monoisotopic (exact) mass is 350 g/mol. The first-order chi connectivity index (χ1) is 12.7. The van der Waals surface area contributed by atoms with Crippen molar-refractivity contribution < 1.29 is 9.47 Å². The van der Waals surface area contributed by atoms with Gasteiger partial charge in [0.2, 0.25) is 0 Å². The van der Waals surface area contributed by atoms with E-state index < -0.39 is 0 Å². The minimum Gasteiger partial charge on any atom is -0.496 e. The molecular formula is C24H30O2. The number of methoxy groups -OCH3 is 2. The SMILES string of the molecule is COc1c(C)cc2c(c1-c1c3c(cc(C)c1OC)CCCC3)CCCC2. The summed E-state index contributed by atoms with van der Waals surface area (Å²) in [5.74, 6) is 2.09. The molecule has 138 valence electrons. The van der Waals surface area contributed by atoms with Gasteiger partial charge in [0, 0.05) is 11.1 Å². The molecule has 0 N–H and O–H groups in total. The topological polar surface area (TPSA) is 18.5 Å². The largest absolute Gasteiger partial charge is 0.496 e. The number of rotatable bonds is 3. The third-order valence-electron chi connectivity index (χ3n) is 6.23. The molecule has 26 heavy (non-hydrogen) atoms. The standard InChI is InChI=1S/C24H30O2/c1-15-13-17-9-5-7-11-19(17)21(23(15)25-3)22-20-12-8-6-10-18(20)14-16(2)24(22)26-4/h13-14H,5-12H2,1-4H3. The van der Waals surface area contributed by atoms with Gasteiger partial charge in [-0.1, -0.05) is 12.1 Å². The van der Waals surface area contributed by atoms with E-state index in [0.29, 0.717) is 0 Å². The predicted octanol–water partition coefficient (Wildman–Crippen LogP) is 5.75. The molecule has 0 unspecified atom stereocenters. The van der Waals surface area contributed by atoms with Crippen molar-refractivity contribution in [3.8, 4) is 22.6 Å². The first-order valence-electron chi connectivity index (χ1n) is 10.0. The van der Waals surface area contributed by atoms with Crippen LogP contribution in [0.25, 0.3) is 11.1 Å². The predicted molar refractivity (Wildman–Crippen MR) is 108 cm³/mol. The highest BCUT2D eigenvalue weighted by Crippen LogP contribution is 2.49. The third-order valence-corrected chi connectivity index (χ3v) is 6.23. The highest BCUT2D eigenvalue weighted by atomic mass is 16.5. The minimum absolute atomic E-state index is 1.04. The quantitative estimate of drug-likeness (QED) is 0.702. The van der Waals surface area contributed by atoms with Crippen LogP contribution in [0.3, 0.4) is 0 Å². The molecule has 0 atom stereocenters. The summed E-state index contributed by atoms with van der Waals surface area (Å²) in [7, 11) is 3.63. The van der Waals surface area contributed by atoms with E-state index in [1.165, 1.54) is 83.0 Å². The lowest BCUT2D eigenvalue weighted by Crippen LogP contribution is -2.12. The molecule has 2 aliphatic carbocycles. The van der Waals surface area contributed by atoms with E-state index in [1.807, 2.05) is 14.2 Å². The molecule has 0 saturated heterocycles. The number of hydrogen-bond donors (Lipinski definition) is 0. The lowest BCUT2D eigenvalue weighted by Gasteiger charge is -2.29. The smallest absolute Gasteiger partial charge is 0.130 e.